The van der Waals surface area contributed by atoms with Crippen LogP contribution in [0.25, 0.3) is 0 Å². The van der Waals surface area contributed by atoms with Crippen LogP contribution in [-0.2, 0) is 16.1 Å². The van der Waals surface area contributed by atoms with E-state index in [0.717, 1.165) is 32.1 Å². The maximum atomic E-state index is 12.1. The first-order chi connectivity index (χ1) is 10.3. The van der Waals surface area contributed by atoms with Crippen molar-refractivity contribution in [2.45, 2.75) is 31.5 Å². The highest BCUT2D eigenvalue weighted by molar-refractivity contribution is 5.78. The van der Waals surface area contributed by atoms with E-state index in [1.54, 1.807) is 6.20 Å². The SMILES string of the molecule is O=C1CO[C@H]2CN(Cc3cccnc3)C[C@H]2N1CC1CC1. The Balaban J connectivity index is 1.43. The largest absolute Gasteiger partial charge is 0.365 e. The van der Waals surface area contributed by atoms with Crippen molar-refractivity contribution < 1.29 is 9.53 Å². The summed E-state index contributed by atoms with van der Waals surface area (Å²) in [6.45, 7) is 3.90. The fourth-order valence-electron chi connectivity index (χ4n) is 3.44. The zero-order valence-electron chi connectivity index (χ0n) is 12.1. The van der Waals surface area contributed by atoms with Gasteiger partial charge >= 0.3 is 0 Å². The highest BCUT2D eigenvalue weighted by Gasteiger charge is 2.44. The molecule has 0 radical (unpaired) electrons. The molecule has 5 nitrogen and oxygen atoms in total. The maximum absolute atomic E-state index is 12.1. The Hall–Kier alpha value is -1.46. The third-order valence-electron chi connectivity index (χ3n) is 4.73. The van der Waals surface area contributed by atoms with E-state index in [2.05, 4.69) is 20.9 Å². The Bertz CT molecular complexity index is 518. The third kappa shape index (κ3) is 2.80. The van der Waals surface area contributed by atoms with Gasteiger partial charge in [-0.2, -0.15) is 0 Å². The molecule has 0 bridgehead atoms. The second-order valence-corrected chi connectivity index (χ2v) is 6.46. The number of fused-ring (bicyclic) bond motifs is 1. The number of carbonyl (C=O) groups excluding carboxylic acids is 1. The smallest absolute Gasteiger partial charge is 0.248 e. The first-order valence-corrected chi connectivity index (χ1v) is 7.82. The lowest BCUT2D eigenvalue weighted by Crippen LogP contribution is -2.54. The molecule has 5 heteroatoms. The molecule has 0 aromatic carbocycles. The first-order valence-electron chi connectivity index (χ1n) is 7.82. The molecule has 0 spiro atoms. The van der Waals surface area contributed by atoms with Crippen molar-refractivity contribution in [3.8, 4) is 0 Å². The van der Waals surface area contributed by atoms with E-state index >= 15 is 0 Å². The van der Waals surface area contributed by atoms with Gasteiger partial charge in [0.05, 0.1) is 12.1 Å². The number of nitrogens with zero attached hydrogens (tertiary/aromatic N) is 3. The van der Waals surface area contributed by atoms with Gasteiger partial charge in [-0.1, -0.05) is 6.07 Å². The minimum absolute atomic E-state index is 0.173. The van der Waals surface area contributed by atoms with Gasteiger partial charge in [-0.05, 0) is 30.4 Å². The minimum Gasteiger partial charge on any atom is -0.365 e. The van der Waals surface area contributed by atoms with Crippen LogP contribution in [0, 0.1) is 5.92 Å². The van der Waals surface area contributed by atoms with Gasteiger partial charge in [0, 0.05) is 38.6 Å². The highest BCUT2D eigenvalue weighted by atomic mass is 16.5. The Morgan fingerprint density at radius 2 is 2.24 bits per heavy atom. The van der Waals surface area contributed by atoms with Crippen molar-refractivity contribution in [1.29, 1.82) is 0 Å². The monoisotopic (exact) mass is 287 g/mol. The zero-order chi connectivity index (χ0) is 14.2. The quantitative estimate of drug-likeness (QED) is 0.825. The summed E-state index contributed by atoms with van der Waals surface area (Å²) in [5, 5.41) is 0. The minimum atomic E-state index is 0.173. The topological polar surface area (TPSA) is 45.7 Å². The molecule has 3 heterocycles. The lowest BCUT2D eigenvalue weighted by Gasteiger charge is -2.36. The molecule has 21 heavy (non-hydrogen) atoms. The maximum Gasteiger partial charge on any atom is 0.248 e. The van der Waals surface area contributed by atoms with E-state index in [1.807, 2.05) is 12.3 Å². The van der Waals surface area contributed by atoms with E-state index in [-0.39, 0.29) is 24.7 Å². The number of morpholine rings is 1. The number of hydrogen-bond donors (Lipinski definition) is 0. The zero-order valence-corrected chi connectivity index (χ0v) is 12.1. The van der Waals surface area contributed by atoms with E-state index in [1.165, 1.54) is 18.4 Å². The molecule has 2 atom stereocenters. The van der Waals surface area contributed by atoms with Crippen LogP contribution in [0.15, 0.2) is 24.5 Å². The van der Waals surface area contributed by atoms with Gasteiger partial charge in [0.2, 0.25) is 5.91 Å². The Morgan fingerprint density at radius 1 is 1.33 bits per heavy atom. The van der Waals surface area contributed by atoms with Gasteiger partial charge in [-0.15, -0.1) is 0 Å². The summed E-state index contributed by atoms with van der Waals surface area (Å²) < 4.78 is 5.77. The van der Waals surface area contributed by atoms with Crippen molar-refractivity contribution >= 4 is 5.91 Å². The molecule has 112 valence electrons. The highest BCUT2D eigenvalue weighted by Crippen LogP contribution is 2.33. The van der Waals surface area contributed by atoms with E-state index in [0.29, 0.717) is 0 Å². The fraction of sp³-hybridized carbons (Fsp3) is 0.625. The molecule has 1 aromatic rings. The average molecular weight is 287 g/mol. The molecule has 1 aliphatic carbocycles. The molecular weight excluding hydrogens is 266 g/mol. The summed E-state index contributed by atoms with van der Waals surface area (Å²) in [5.74, 6) is 0.909. The van der Waals surface area contributed by atoms with Gasteiger partial charge in [0.25, 0.3) is 0 Å². The predicted octanol–water partition coefficient (Wildman–Crippen LogP) is 0.903. The normalized spacial score (nSPS) is 29.7. The van der Waals surface area contributed by atoms with Crippen molar-refractivity contribution in [3.05, 3.63) is 30.1 Å². The number of likely N-dealkylation sites (tertiary alicyclic amines) is 1. The second-order valence-electron chi connectivity index (χ2n) is 6.46. The van der Waals surface area contributed by atoms with Crippen LogP contribution >= 0.6 is 0 Å². The van der Waals surface area contributed by atoms with Crippen molar-refractivity contribution in [2.75, 3.05) is 26.2 Å². The number of rotatable bonds is 4. The van der Waals surface area contributed by atoms with Crippen molar-refractivity contribution in [3.63, 3.8) is 0 Å². The number of amides is 1. The van der Waals surface area contributed by atoms with Gasteiger partial charge in [0.15, 0.2) is 0 Å². The molecule has 2 aliphatic heterocycles. The molecule has 1 saturated carbocycles. The summed E-state index contributed by atoms with van der Waals surface area (Å²) in [6, 6.07) is 4.31. The Morgan fingerprint density at radius 3 is 3.00 bits per heavy atom. The summed E-state index contributed by atoms with van der Waals surface area (Å²) in [7, 11) is 0. The lowest BCUT2D eigenvalue weighted by atomic mass is 10.1. The molecule has 1 aromatic heterocycles. The van der Waals surface area contributed by atoms with E-state index in [9.17, 15) is 4.79 Å². The predicted molar refractivity (Wildman–Crippen MR) is 77.5 cm³/mol. The molecule has 0 N–H and O–H groups in total. The molecule has 1 amide bonds. The molecule has 3 fully saturated rings. The van der Waals surface area contributed by atoms with Crippen LogP contribution in [0.4, 0.5) is 0 Å². The number of ether oxygens (including phenoxy) is 1. The number of carbonyl (C=O) groups is 1. The fourth-order valence-corrected chi connectivity index (χ4v) is 3.44. The molecule has 2 saturated heterocycles. The van der Waals surface area contributed by atoms with Crippen molar-refractivity contribution in [1.82, 2.24) is 14.8 Å². The standard InChI is InChI=1S/C16H21N3O2/c20-16-11-21-15-10-18(7-13-2-1-5-17-6-13)9-14(15)19(16)8-12-3-4-12/h1-2,5-6,12,14-15H,3-4,7-11H2/t14-,15+/m1/s1. The number of aromatic nitrogens is 1. The number of hydrogen-bond acceptors (Lipinski definition) is 4. The van der Waals surface area contributed by atoms with Crippen LogP contribution in [0.3, 0.4) is 0 Å². The van der Waals surface area contributed by atoms with Crippen LogP contribution < -0.4 is 0 Å². The molecule has 3 aliphatic rings. The van der Waals surface area contributed by atoms with E-state index < -0.39 is 0 Å². The first kappa shape index (κ1) is 13.2. The van der Waals surface area contributed by atoms with Gasteiger partial charge in [0.1, 0.15) is 6.61 Å². The van der Waals surface area contributed by atoms with E-state index in [4.69, 9.17) is 4.74 Å². The summed E-state index contributed by atoms with van der Waals surface area (Å²) in [6.07, 6.45) is 6.45. The van der Waals surface area contributed by atoms with Gasteiger partial charge in [-0.3, -0.25) is 14.7 Å². The van der Waals surface area contributed by atoms with Crippen LogP contribution in [0.5, 0.6) is 0 Å². The molecular formula is C16H21N3O2. The lowest BCUT2D eigenvalue weighted by molar-refractivity contribution is -0.153. The van der Waals surface area contributed by atoms with Crippen LogP contribution in [0.2, 0.25) is 0 Å². The molecule has 0 unspecified atom stereocenters. The third-order valence-corrected chi connectivity index (χ3v) is 4.73. The van der Waals surface area contributed by atoms with Gasteiger partial charge < -0.3 is 9.64 Å². The van der Waals surface area contributed by atoms with Gasteiger partial charge in [-0.25, -0.2) is 0 Å². The Kier molecular flexibility index (Phi) is 3.39. The Labute approximate surface area is 124 Å². The van der Waals surface area contributed by atoms with Crippen LogP contribution in [-0.4, -0.2) is 59.1 Å². The molecule has 4 rings (SSSR count). The summed E-state index contributed by atoms with van der Waals surface area (Å²) in [5.41, 5.74) is 1.22. The summed E-state index contributed by atoms with van der Waals surface area (Å²) in [4.78, 5) is 20.8. The number of pyridine rings is 1. The van der Waals surface area contributed by atoms with Crippen LogP contribution in [0.1, 0.15) is 18.4 Å². The second kappa shape index (κ2) is 5.39. The summed E-state index contributed by atoms with van der Waals surface area (Å²) >= 11 is 0. The van der Waals surface area contributed by atoms with Crippen molar-refractivity contribution in [2.24, 2.45) is 5.92 Å². The average Bonchev–Trinajstić information content (AvgIpc) is 3.22.